The van der Waals surface area contributed by atoms with Gasteiger partial charge in [0, 0.05) is 94.5 Å². The molecule has 6 rings (SSSR count). The SMILES string of the molecule is CC(=O)NCCNCc1ccc2cc(-c3cccc(-c4cccc(-c5cn6cc(CNCCNC(C)=O)ccc6n5)c4C)c3C)cn2c1. The molecule has 9 nitrogen and oxygen atoms in total. The molecule has 4 aromatic heterocycles. The fourth-order valence-electron chi connectivity index (χ4n) is 6.24. The highest BCUT2D eigenvalue weighted by atomic mass is 16.2. The van der Waals surface area contributed by atoms with E-state index in [0.717, 1.165) is 41.1 Å². The molecule has 246 valence electrons. The zero-order chi connectivity index (χ0) is 33.6. The van der Waals surface area contributed by atoms with Gasteiger partial charge in [0.25, 0.3) is 0 Å². The number of rotatable bonds is 13. The topological polar surface area (TPSA) is 104 Å². The number of imidazole rings is 1. The molecule has 0 radical (unpaired) electrons. The van der Waals surface area contributed by atoms with Crippen LogP contribution in [0, 0.1) is 13.8 Å². The molecule has 4 heterocycles. The zero-order valence-electron chi connectivity index (χ0n) is 28.1. The average Bonchev–Trinajstić information content (AvgIpc) is 3.68. The molecule has 48 heavy (non-hydrogen) atoms. The van der Waals surface area contributed by atoms with E-state index in [1.54, 1.807) is 0 Å². The maximum atomic E-state index is 11.1. The van der Waals surface area contributed by atoms with Crippen molar-refractivity contribution in [3.63, 3.8) is 0 Å². The van der Waals surface area contributed by atoms with Gasteiger partial charge in [-0.2, -0.15) is 0 Å². The van der Waals surface area contributed by atoms with Crippen LogP contribution in [0.1, 0.15) is 36.1 Å². The van der Waals surface area contributed by atoms with Gasteiger partial charge in [-0.25, -0.2) is 4.98 Å². The lowest BCUT2D eigenvalue weighted by Gasteiger charge is -2.15. The van der Waals surface area contributed by atoms with E-state index in [-0.39, 0.29) is 11.8 Å². The molecule has 2 aromatic carbocycles. The Bertz CT molecular complexity index is 1940. The molecule has 0 bridgehead atoms. The summed E-state index contributed by atoms with van der Waals surface area (Å²) in [4.78, 5) is 27.2. The number of nitrogens with one attached hydrogen (secondary N) is 4. The van der Waals surface area contributed by atoms with Crippen molar-refractivity contribution in [3.8, 4) is 33.5 Å². The van der Waals surface area contributed by atoms with Crippen molar-refractivity contribution in [1.82, 2.24) is 35.1 Å². The Balaban J connectivity index is 1.21. The van der Waals surface area contributed by atoms with Gasteiger partial charge < -0.3 is 30.1 Å². The van der Waals surface area contributed by atoms with E-state index >= 15 is 0 Å². The molecule has 0 aliphatic heterocycles. The molecular weight excluding hydrogens is 598 g/mol. The first kappa shape index (κ1) is 32.7. The Hall–Kier alpha value is -5.25. The van der Waals surface area contributed by atoms with Crippen LogP contribution in [0.4, 0.5) is 0 Å². The van der Waals surface area contributed by atoms with Gasteiger partial charge in [0.05, 0.1) is 5.69 Å². The highest BCUT2D eigenvalue weighted by Crippen LogP contribution is 2.37. The van der Waals surface area contributed by atoms with Gasteiger partial charge in [-0.3, -0.25) is 9.59 Å². The Morgan fingerprint density at radius 1 is 0.625 bits per heavy atom. The molecule has 6 aromatic rings. The summed E-state index contributed by atoms with van der Waals surface area (Å²) in [5, 5.41) is 12.4. The van der Waals surface area contributed by atoms with Crippen LogP contribution in [0.15, 0.2) is 91.5 Å². The molecule has 0 fully saturated rings. The van der Waals surface area contributed by atoms with Gasteiger partial charge >= 0.3 is 0 Å². The zero-order valence-corrected chi connectivity index (χ0v) is 28.1. The summed E-state index contributed by atoms with van der Waals surface area (Å²) in [5.74, 6) is -0.0265. The van der Waals surface area contributed by atoms with E-state index in [1.165, 1.54) is 52.8 Å². The molecule has 2 amide bonds. The first-order chi connectivity index (χ1) is 23.3. The maximum Gasteiger partial charge on any atom is 0.216 e. The monoisotopic (exact) mass is 641 g/mol. The Morgan fingerprint density at radius 3 is 1.83 bits per heavy atom. The van der Waals surface area contributed by atoms with Crippen LogP contribution in [0.2, 0.25) is 0 Å². The van der Waals surface area contributed by atoms with Crippen molar-refractivity contribution < 1.29 is 9.59 Å². The van der Waals surface area contributed by atoms with Crippen molar-refractivity contribution in [2.45, 2.75) is 40.8 Å². The predicted octanol–water partition coefficient (Wildman–Crippen LogP) is 5.66. The molecule has 4 N–H and O–H groups in total. The van der Waals surface area contributed by atoms with E-state index in [2.05, 4.69) is 135 Å². The third kappa shape index (κ3) is 7.48. The number of pyridine rings is 2. The van der Waals surface area contributed by atoms with Gasteiger partial charge in [0.2, 0.25) is 11.8 Å². The minimum Gasteiger partial charge on any atom is -0.355 e. The van der Waals surface area contributed by atoms with E-state index < -0.39 is 0 Å². The lowest BCUT2D eigenvalue weighted by atomic mass is 9.89. The molecular formula is C39H43N7O2. The van der Waals surface area contributed by atoms with Gasteiger partial charge in [-0.05, 0) is 71.0 Å². The van der Waals surface area contributed by atoms with Crippen LogP contribution >= 0.6 is 0 Å². The van der Waals surface area contributed by atoms with Gasteiger partial charge in [0.1, 0.15) is 5.65 Å². The molecule has 0 unspecified atom stereocenters. The summed E-state index contributed by atoms with van der Waals surface area (Å²) in [7, 11) is 0. The van der Waals surface area contributed by atoms with E-state index in [9.17, 15) is 9.59 Å². The molecule has 0 saturated heterocycles. The smallest absolute Gasteiger partial charge is 0.216 e. The Kier molecular flexibility index (Phi) is 9.99. The number of amides is 2. The summed E-state index contributed by atoms with van der Waals surface area (Å²) in [6, 6.07) is 23.7. The molecule has 0 aliphatic rings. The summed E-state index contributed by atoms with van der Waals surface area (Å²) in [5.41, 5.74) is 13.7. The third-order valence-corrected chi connectivity index (χ3v) is 8.72. The number of carbonyl (C=O) groups is 2. The molecule has 0 aliphatic carbocycles. The number of nitrogens with zero attached hydrogens (tertiary/aromatic N) is 3. The van der Waals surface area contributed by atoms with Crippen LogP contribution in [-0.2, 0) is 22.7 Å². The largest absolute Gasteiger partial charge is 0.355 e. The third-order valence-electron chi connectivity index (χ3n) is 8.72. The predicted molar refractivity (Wildman–Crippen MR) is 193 cm³/mol. The standard InChI is InChI=1S/C39H43N7O2/c1-26-34(32-19-33-13-11-30(22-45(33)24-32)20-40-15-17-42-28(3)47)7-5-8-35(26)36-9-6-10-37(27(36)2)38-25-46-23-31(12-14-39(46)44-38)21-41-16-18-43-29(4)48/h5-14,19,22-25,40-41H,15-18,20-21H2,1-4H3,(H,42,47)(H,43,48). The van der Waals surface area contributed by atoms with E-state index in [4.69, 9.17) is 4.98 Å². The minimum absolute atomic E-state index is 0.0105. The first-order valence-corrected chi connectivity index (χ1v) is 16.5. The van der Waals surface area contributed by atoms with Gasteiger partial charge in [-0.15, -0.1) is 0 Å². The van der Waals surface area contributed by atoms with Crippen molar-refractivity contribution >= 4 is 23.0 Å². The number of benzene rings is 2. The number of fused-ring (bicyclic) bond motifs is 2. The van der Waals surface area contributed by atoms with Crippen LogP contribution in [0.5, 0.6) is 0 Å². The fourth-order valence-corrected chi connectivity index (χ4v) is 6.24. The van der Waals surface area contributed by atoms with E-state index in [1.807, 2.05) is 0 Å². The van der Waals surface area contributed by atoms with E-state index in [0.29, 0.717) is 26.2 Å². The number of carbonyl (C=O) groups excluding carboxylic acids is 2. The summed E-state index contributed by atoms with van der Waals surface area (Å²) in [6.07, 6.45) is 8.58. The summed E-state index contributed by atoms with van der Waals surface area (Å²) in [6.45, 7) is 11.6. The summed E-state index contributed by atoms with van der Waals surface area (Å²) < 4.78 is 4.28. The average molecular weight is 642 g/mol. The maximum absolute atomic E-state index is 11.1. The van der Waals surface area contributed by atoms with Gasteiger partial charge in [0.15, 0.2) is 0 Å². The fraction of sp³-hybridized carbons (Fsp3) is 0.256. The van der Waals surface area contributed by atoms with Gasteiger partial charge in [-0.1, -0.05) is 48.5 Å². The van der Waals surface area contributed by atoms with Crippen LogP contribution < -0.4 is 21.3 Å². The Morgan fingerprint density at radius 2 is 1.19 bits per heavy atom. The second-order valence-electron chi connectivity index (χ2n) is 12.3. The molecule has 0 atom stereocenters. The lowest BCUT2D eigenvalue weighted by Crippen LogP contribution is -2.29. The van der Waals surface area contributed by atoms with Crippen LogP contribution in [0.25, 0.3) is 44.7 Å². The van der Waals surface area contributed by atoms with Crippen molar-refractivity contribution in [2.75, 3.05) is 26.2 Å². The lowest BCUT2D eigenvalue weighted by molar-refractivity contribution is -0.119. The minimum atomic E-state index is -0.0160. The second-order valence-corrected chi connectivity index (χ2v) is 12.3. The molecule has 0 saturated carbocycles. The summed E-state index contributed by atoms with van der Waals surface area (Å²) >= 11 is 0. The normalized spacial score (nSPS) is 11.3. The van der Waals surface area contributed by atoms with Crippen LogP contribution in [-0.4, -0.2) is 51.8 Å². The van der Waals surface area contributed by atoms with Crippen LogP contribution in [0.3, 0.4) is 0 Å². The highest BCUT2D eigenvalue weighted by molar-refractivity contribution is 5.84. The Labute approximate surface area is 281 Å². The van der Waals surface area contributed by atoms with Crippen molar-refractivity contribution in [3.05, 3.63) is 114 Å². The molecule has 9 heteroatoms. The highest BCUT2D eigenvalue weighted by Gasteiger charge is 2.15. The number of aromatic nitrogens is 3. The van der Waals surface area contributed by atoms with Crippen molar-refractivity contribution in [1.29, 1.82) is 0 Å². The molecule has 0 spiro atoms. The van der Waals surface area contributed by atoms with Crippen molar-refractivity contribution in [2.24, 2.45) is 0 Å². The number of hydrogen-bond acceptors (Lipinski definition) is 5. The first-order valence-electron chi connectivity index (χ1n) is 16.5. The second kappa shape index (κ2) is 14.7. The quantitative estimate of drug-likeness (QED) is 0.122. The number of hydrogen-bond donors (Lipinski definition) is 4.